The maximum Gasteiger partial charge on any atom is 0.433 e. The molecule has 8 heteroatoms. The van der Waals surface area contributed by atoms with E-state index in [1.54, 1.807) is 0 Å². The van der Waals surface area contributed by atoms with Crippen molar-refractivity contribution in [3.63, 3.8) is 0 Å². The van der Waals surface area contributed by atoms with E-state index in [1.165, 1.54) is 36.2 Å². The van der Waals surface area contributed by atoms with Crippen LogP contribution < -0.4 is 5.32 Å². The predicted octanol–water partition coefficient (Wildman–Crippen LogP) is 1.69. The van der Waals surface area contributed by atoms with Gasteiger partial charge in [-0.2, -0.15) is 5.10 Å². The smallest absolute Gasteiger partial charge is 0.395 e. The third-order valence-corrected chi connectivity index (χ3v) is 3.75. The number of furan rings is 1. The summed E-state index contributed by atoms with van der Waals surface area (Å²) in [5.41, 5.74) is 2.54. The summed E-state index contributed by atoms with van der Waals surface area (Å²) in [5.74, 6) is -0.963. The quantitative estimate of drug-likeness (QED) is 0.668. The van der Waals surface area contributed by atoms with E-state index in [0.29, 0.717) is 13.1 Å². The first-order valence-corrected chi connectivity index (χ1v) is 7.21. The molecule has 0 bridgehead atoms. The van der Waals surface area contributed by atoms with E-state index in [1.807, 2.05) is 10.9 Å². The normalized spacial score (nSPS) is 13.6. The SMILES string of the molecule is O=C(NCCn1ncc2c1CCCC2)c1ccc([N+](=O)[O-])o1. The molecule has 0 unspecified atom stereocenters. The molecule has 0 fully saturated rings. The van der Waals surface area contributed by atoms with Crippen LogP contribution in [-0.2, 0) is 19.4 Å². The highest BCUT2D eigenvalue weighted by Crippen LogP contribution is 2.20. The van der Waals surface area contributed by atoms with E-state index in [4.69, 9.17) is 4.42 Å². The molecule has 2 heterocycles. The number of hydrogen-bond donors (Lipinski definition) is 1. The Hall–Kier alpha value is -2.64. The number of hydrogen-bond acceptors (Lipinski definition) is 5. The molecule has 0 atom stereocenters. The van der Waals surface area contributed by atoms with Gasteiger partial charge < -0.3 is 9.73 Å². The second kappa shape index (κ2) is 6.00. The predicted molar refractivity (Wildman–Crippen MR) is 76.6 cm³/mol. The largest absolute Gasteiger partial charge is 0.433 e. The molecule has 0 saturated heterocycles. The molecule has 1 aliphatic carbocycles. The molecular weight excluding hydrogens is 288 g/mol. The molecule has 1 N–H and O–H groups in total. The molecule has 8 nitrogen and oxygen atoms in total. The summed E-state index contributed by atoms with van der Waals surface area (Å²) in [4.78, 5) is 21.7. The third-order valence-electron chi connectivity index (χ3n) is 3.75. The molecule has 2 aromatic rings. The Kier molecular flexibility index (Phi) is 3.90. The molecule has 3 rings (SSSR count). The molecule has 0 radical (unpaired) electrons. The van der Waals surface area contributed by atoms with Crippen molar-refractivity contribution in [3.05, 3.63) is 45.5 Å². The van der Waals surface area contributed by atoms with E-state index in [-0.39, 0.29) is 5.76 Å². The van der Waals surface area contributed by atoms with Gasteiger partial charge in [0.05, 0.1) is 18.8 Å². The molecule has 1 aliphatic rings. The monoisotopic (exact) mass is 304 g/mol. The number of carbonyl (C=O) groups excluding carboxylic acids is 1. The molecule has 0 saturated carbocycles. The van der Waals surface area contributed by atoms with Crippen LogP contribution in [0.1, 0.15) is 34.7 Å². The minimum Gasteiger partial charge on any atom is -0.395 e. The van der Waals surface area contributed by atoms with Crippen LogP contribution in [0.4, 0.5) is 5.88 Å². The van der Waals surface area contributed by atoms with E-state index in [2.05, 4.69) is 10.4 Å². The summed E-state index contributed by atoms with van der Waals surface area (Å²) in [6.45, 7) is 0.964. The molecule has 116 valence electrons. The van der Waals surface area contributed by atoms with Crippen molar-refractivity contribution in [2.75, 3.05) is 6.54 Å². The summed E-state index contributed by atoms with van der Waals surface area (Å²) in [5, 5.41) is 17.5. The Balaban J connectivity index is 1.55. The molecule has 0 aromatic carbocycles. The van der Waals surface area contributed by atoms with Gasteiger partial charge in [-0.25, -0.2) is 0 Å². The van der Waals surface area contributed by atoms with Crippen LogP contribution in [0.15, 0.2) is 22.7 Å². The van der Waals surface area contributed by atoms with Crippen LogP contribution in [0, 0.1) is 10.1 Å². The lowest BCUT2D eigenvalue weighted by molar-refractivity contribution is -0.402. The van der Waals surface area contributed by atoms with Gasteiger partial charge in [0.1, 0.15) is 4.92 Å². The molecule has 2 aromatic heterocycles. The van der Waals surface area contributed by atoms with Gasteiger partial charge in [0.25, 0.3) is 5.91 Å². The summed E-state index contributed by atoms with van der Waals surface area (Å²) in [7, 11) is 0. The topological polar surface area (TPSA) is 103 Å². The molecule has 0 aliphatic heterocycles. The minimum absolute atomic E-state index is 0.0609. The van der Waals surface area contributed by atoms with Crippen molar-refractivity contribution in [1.29, 1.82) is 0 Å². The van der Waals surface area contributed by atoms with E-state index < -0.39 is 16.7 Å². The van der Waals surface area contributed by atoms with Gasteiger partial charge in [-0.15, -0.1) is 0 Å². The fourth-order valence-corrected chi connectivity index (χ4v) is 2.66. The van der Waals surface area contributed by atoms with Crippen LogP contribution in [0.5, 0.6) is 0 Å². The van der Waals surface area contributed by atoms with E-state index >= 15 is 0 Å². The third kappa shape index (κ3) is 2.85. The lowest BCUT2D eigenvalue weighted by atomic mass is 9.98. The minimum atomic E-state index is -0.674. The average molecular weight is 304 g/mol. The fraction of sp³-hybridized carbons (Fsp3) is 0.429. The van der Waals surface area contributed by atoms with Crippen LogP contribution >= 0.6 is 0 Å². The first-order valence-electron chi connectivity index (χ1n) is 7.21. The lowest BCUT2D eigenvalue weighted by Crippen LogP contribution is -2.27. The van der Waals surface area contributed by atoms with Crippen molar-refractivity contribution in [2.24, 2.45) is 0 Å². The van der Waals surface area contributed by atoms with Gasteiger partial charge >= 0.3 is 5.88 Å². The molecule has 0 spiro atoms. The standard InChI is InChI=1S/C14H16N4O4/c19-14(12-5-6-13(22-12)18(20)21)15-7-8-17-11-4-2-1-3-10(11)9-16-17/h5-6,9H,1-4,7-8H2,(H,15,19). The van der Waals surface area contributed by atoms with Crippen LogP contribution in [0.2, 0.25) is 0 Å². The highest BCUT2D eigenvalue weighted by molar-refractivity contribution is 5.91. The zero-order valence-corrected chi connectivity index (χ0v) is 11.9. The van der Waals surface area contributed by atoms with Gasteiger partial charge in [0.15, 0.2) is 5.76 Å². The zero-order chi connectivity index (χ0) is 15.5. The van der Waals surface area contributed by atoms with Crippen molar-refractivity contribution in [1.82, 2.24) is 15.1 Å². The van der Waals surface area contributed by atoms with Crippen molar-refractivity contribution in [3.8, 4) is 0 Å². The maximum atomic E-state index is 11.8. The Labute approximate surface area is 126 Å². The Morgan fingerprint density at radius 2 is 2.23 bits per heavy atom. The number of aromatic nitrogens is 2. The van der Waals surface area contributed by atoms with Gasteiger partial charge in [0.2, 0.25) is 0 Å². The number of nitrogens with one attached hydrogen (secondary N) is 1. The van der Waals surface area contributed by atoms with Crippen molar-refractivity contribution >= 4 is 11.8 Å². The van der Waals surface area contributed by atoms with E-state index in [0.717, 1.165) is 12.8 Å². The fourth-order valence-electron chi connectivity index (χ4n) is 2.66. The van der Waals surface area contributed by atoms with Crippen molar-refractivity contribution < 1.29 is 14.1 Å². The average Bonchev–Trinajstić information content (AvgIpc) is 3.14. The zero-order valence-electron chi connectivity index (χ0n) is 11.9. The number of amides is 1. The molecule has 1 amide bonds. The number of carbonyl (C=O) groups is 1. The van der Waals surface area contributed by atoms with Crippen LogP contribution in [0.3, 0.4) is 0 Å². The van der Waals surface area contributed by atoms with Gasteiger partial charge in [-0.3, -0.25) is 19.6 Å². The van der Waals surface area contributed by atoms with Crippen molar-refractivity contribution in [2.45, 2.75) is 32.2 Å². The van der Waals surface area contributed by atoms with Gasteiger partial charge in [-0.05, 0) is 37.3 Å². The Bertz CT molecular complexity index is 704. The van der Waals surface area contributed by atoms with Gasteiger partial charge in [-0.1, -0.05) is 0 Å². The maximum absolute atomic E-state index is 11.8. The molecular formula is C14H16N4O4. The second-order valence-electron chi connectivity index (χ2n) is 5.20. The number of rotatable bonds is 5. The number of nitro groups is 1. The summed E-state index contributed by atoms with van der Waals surface area (Å²) in [6.07, 6.45) is 6.35. The summed E-state index contributed by atoms with van der Waals surface area (Å²) >= 11 is 0. The lowest BCUT2D eigenvalue weighted by Gasteiger charge is -2.13. The number of nitrogens with zero attached hydrogens (tertiary/aromatic N) is 3. The van der Waals surface area contributed by atoms with Crippen LogP contribution in [0.25, 0.3) is 0 Å². The second-order valence-corrected chi connectivity index (χ2v) is 5.20. The highest BCUT2D eigenvalue weighted by Gasteiger charge is 2.18. The molecule has 22 heavy (non-hydrogen) atoms. The highest BCUT2D eigenvalue weighted by atomic mass is 16.6. The summed E-state index contributed by atoms with van der Waals surface area (Å²) in [6, 6.07) is 2.46. The Morgan fingerprint density at radius 1 is 1.41 bits per heavy atom. The van der Waals surface area contributed by atoms with Gasteiger partial charge in [0, 0.05) is 12.2 Å². The van der Waals surface area contributed by atoms with E-state index in [9.17, 15) is 14.9 Å². The number of aryl methyl sites for hydroxylation is 1. The summed E-state index contributed by atoms with van der Waals surface area (Å²) < 4.78 is 6.77. The Morgan fingerprint density at radius 3 is 3.00 bits per heavy atom. The number of fused-ring (bicyclic) bond motifs is 1. The first kappa shape index (κ1) is 14.3. The first-order chi connectivity index (χ1) is 10.6. The van der Waals surface area contributed by atoms with Crippen LogP contribution in [-0.4, -0.2) is 27.2 Å².